The first kappa shape index (κ1) is 34.0. The molecule has 3 heterocycles. The molecule has 0 saturated carbocycles. The molecule has 0 amide bonds. The highest BCUT2D eigenvalue weighted by atomic mass is 15.1. The second kappa shape index (κ2) is 14.3. The summed E-state index contributed by atoms with van der Waals surface area (Å²) in [6.07, 6.45) is 3.66. The van der Waals surface area contributed by atoms with Gasteiger partial charge in [0, 0.05) is 39.9 Å². The van der Waals surface area contributed by atoms with Gasteiger partial charge in [0.25, 0.3) is 0 Å². The number of benzene rings is 7. The third-order valence-electron chi connectivity index (χ3n) is 10.9. The Labute approximate surface area is 331 Å². The number of hydrogen-bond acceptors (Lipinski definition) is 4. The Morgan fingerprint density at radius 2 is 0.825 bits per heavy atom. The van der Waals surface area contributed by atoms with E-state index < -0.39 is 0 Å². The third kappa shape index (κ3) is 6.25. The van der Waals surface area contributed by atoms with Crippen LogP contribution in [0.2, 0.25) is 0 Å². The molecular weight excluding hydrogens is 695 g/mol. The van der Waals surface area contributed by atoms with Gasteiger partial charge in [-0.2, -0.15) is 0 Å². The summed E-state index contributed by atoms with van der Waals surface area (Å²) in [4.78, 5) is 19.8. The number of pyridine rings is 1. The van der Waals surface area contributed by atoms with Crippen molar-refractivity contribution in [1.82, 2.24) is 24.5 Å². The van der Waals surface area contributed by atoms with Crippen molar-refractivity contribution in [2.45, 2.75) is 13.8 Å². The lowest BCUT2D eigenvalue weighted by atomic mass is 9.97. The molecular formula is C52H37N5. The number of aryl methyl sites for hydroxylation is 2. The van der Waals surface area contributed by atoms with E-state index >= 15 is 0 Å². The van der Waals surface area contributed by atoms with E-state index in [1.54, 1.807) is 0 Å². The molecule has 0 unspecified atom stereocenters. The minimum atomic E-state index is 0.594. The van der Waals surface area contributed by atoms with Crippen molar-refractivity contribution < 1.29 is 0 Å². The van der Waals surface area contributed by atoms with Crippen LogP contribution in [0.4, 0.5) is 0 Å². The maximum Gasteiger partial charge on any atom is 0.166 e. The van der Waals surface area contributed by atoms with Crippen LogP contribution >= 0.6 is 0 Å². The molecule has 10 rings (SSSR count). The molecule has 3 aromatic heterocycles. The van der Waals surface area contributed by atoms with E-state index in [2.05, 4.69) is 127 Å². The quantitative estimate of drug-likeness (QED) is 0.164. The van der Waals surface area contributed by atoms with Crippen LogP contribution in [0.15, 0.2) is 188 Å². The zero-order chi connectivity index (χ0) is 38.3. The van der Waals surface area contributed by atoms with Crippen LogP contribution in [0.25, 0.3) is 95.0 Å². The molecule has 0 aliphatic rings. The smallest absolute Gasteiger partial charge is 0.166 e. The van der Waals surface area contributed by atoms with Crippen molar-refractivity contribution in [2.24, 2.45) is 0 Å². The molecule has 0 spiro atoms. The predicted molar refractivity (Wildman–Crippen MR) is 234 cm³/mol. The maximum absolute atomic E-state index is 5.24. The van der Waals surface area contributed by atoms with Crippen molar-refractivity contribution >= 4 is 21.8 Å². The number of aromatic nitrogens is 5. The van der Waals surface area contributed by atoms with E-state index in [0.717, 1.165) is 44.5 Å². The highest BCUT2D eigenvalue weighted by Crippen LogP contribution is 2.41. The molecule has 0 atom stereocenters. The van der Waals surface area contributed by atoms with Gasteiger partial charge in [-0.05, 0) is 107 Å². The van der Waals surface area contributed by atoms with E-state index in [-0.39, 0.29) is 0 Å². The lowest BCUT2D eigenvalue weighted by Crippen LogP contribution is -2.04. The minimum Gasteiger partial charge on any atom is -0.308 e. The summed E-state index contributed by atoms with van der Waals surface area (Å²) < 4.78 is 2.38. The Morgan fingerprint density at radius 1 is 0.351 bits per heavy atom. The fraction of sp³-hybridized carbons (Fsp3) is 0.0385. The summed E-state index contributed by atoms with van der Waals surface area (Å²) in [7, 11) is 0. The van der Waals surface area contributed by atoms with Gasteiger partial charge in [0.15, 0.2) is 17.5 Å². The summed E-state index contributed by atoms with van der Waals surface area (Å²) in [6, 6.07) is 61.9. The fourth-order valence-electron chi connectivity index (χ4n) is 7.97. The van der Waals surface area contributed by atoms with Crippen LogP contribution in [-0.4, -0.2) is 24.5 Å². The van der Waals surface area contributed by atoms with Crippen molar-refractivity contribution in [3.8, 4) is 73.2 Å². The van der Waals surface area contributed by atoms with Gasteiger partial charge in [0.05, 0.1) is 16.7 Å². The molecule has 0 aliphatic carbocycles. The molecule has 0 bridgehead atoms. The summed E-state index contributed by atoms with van der Waals surface area (Å²) in [5.74, 6) is 1.83. The normalized spacial score (nSPS) is 11.3. The molecule has 0 N–H and O–H groups in total. The van der Waals surface area contributed by atoms with Crippen LogP contribution in [0.5, 0.6) is 0 Å². The molecule has 5 heteroatoms. The molecule has 0 fully saturated rings. The average Bonchev–Trinajstić information content (AvgIpc) is 3.60. The van der Waals surface area contributed by atoms with E-state index in [4.69, 9.17) is 15.0 Å². The Morgan fingerprint density at radius 3 is 1.35 bits per heavy atom. The van der Waals surface area contributed by atoms with Crippen molar-refractivity contribution in [3.63, 3.8) is 0 Å². The number of hydrogen-bond donors (Lipinski definition) is 0. The van der Waals surface area contributed by atoms with Crippen molar-refractivity contribution in [2.75, 3.05) is 0 Å². The summed E-state index contributed by atoms with van der Waals surface area (Å²) in [5.41, 5.74) is 15.3. The Kier molecular flexibility index (Phi) is 8.53. The SMILES string of the molecule is Cc1ccccc1-c1ccc2c(c1)c1cc(-c3ccccc3C)ccc1n2-c1ccc(-c2ccncc2)cc1-c1nc(-c2ccccc2)nc(-c2ccccc2)n1. The average molecular weight is 732 g/mol. The fourth-order valence-corrected chi connectivity index (χ4v) is 7.97. The third-order valence-corrected chi connectivity index (χ3v) is 10.9. The van der Waals surface area contributed by atoms with Crippen molar-refractivity contribution in [3.05, 3.63) is 199 Å². The highest BCUT2D eigenvalue weighted by Gasteiger charge is 2.21. The minimum absolute atomic E-state index is 0.594. The van der Waals surface area contributed by atoms with E-state index in [9.17, 15) is 0 Å². The van der Waals surface area contributed by atoms with E-state index in [0.29, 0.717) is 17.5 Å². The molecule has 0 radical (unpaired) electrons. The maximum atomic E-state index is 5.24. The van der Waals surface area contributed by atoms with Crippen LogP contribution in [0.3, 0.4) is 0 Å². The first-order valence-electron chi connectivity index (χ1n) is 19.2. The molecule has 10 aromatic rings. The standard InChI is InChI=1S/C52H37N5/c1-34-13-9-11-19-42(34)40-22-25-47-44(32-40)45-33-41(43-20-12-10-14-35(43)2)23-26-48(45)57(47)49-24-21-39(36-27-29-53-30-28-36)31-46(49)52-55-50(37-15-5-3-6-16-37)54-51(56-52)38-17-7-4-8-18-38/h3-33H,1-2H3. The Balaban J connectivity index is 1.28. The molecule has 270 valence electrons. The van der Waals surface area contributed by atoms with Crippen LogP contribution < -0.4 is 0 Å². The first-order valence-corrected chi connectivity index (χ1v) is 19.2. The van der Waals surface area contributed by atoms with Gasteiger partial charge >= 0.3 is 0 Å². The van der Waals surface area contributed by atoms with Crippen molar-refractivity contribution in [1.29, 1.82) is 0 Å². The zero-order valence-corrected chi connectivity index (χ0v) is 31.6. The predicted octanol–water partition coefficient (Wildman–Crippen LogP) is 13.0. The molecule has 0 saturated heterocycles. The molecule has 7 aromatic carbocycles. The van der Waals surface area contributed by atoms with Gasteiger partial charge in [-0.1, -0.05) is 127 Å². The second-order valence-corrected chi connectivity index (χ2v) is 14.4. The number of nitrogens with zero attached hydrogens (tertiary/aromatic N) is 5. The lowest BCUT2D eigenvalue weighted by molar-refractivity contribution is 1.06. The first-order chi connectivity index (χ1) is 28.1. The van der Waals surface area contributed by atoms with Gasteiger partial charge in [-0.15, -0.1) is 0 Å². The van der Waals surface area contributed by atoms with Crippen LogP contribution in [0.1, 0.15) is 11.1 Å². The van der Waals surface area contributed by atoms with E-state index in [1.807, 2.05) is 85.2 Å². The monoisotopic (exact) mass is 731 g/mol. The van der Waals surface area contributed by atoms with E-state index in [1.165, 1.54) is 44.2 Å². The van der Waals surface area contributed by atoms with Gasteiger partial charge in [0.1, 0.15) is 0 Å². The number of rotatable bonds is 7. The second-order valence-electron chi connectivity index (χ2n) is 14.4. The van der Waals surface area contributed by atoms with Gasteiger partial charge in [-0.25, -0.2) is 15.0 Å². The number of fused-ring (bicyclic) bond motifs is 3. The summed E-state index contributed by atoms with van der Waals surface area (Å²) >= 11 is 0. The van der Waals surface area contributed by atoms with Crippen LogP contribution in [-0.2, 0) is 0 Å². The summed E-state index contributed by atoms with van der Waals surface area (Å²) in [5, 5.41) is 2.35. The largest absolute Gasteiger partial charge is 0.308 e. The lowest BCUT2D eigenvalue weighted by Gasteiger charge is -2.16. The molecule has 5 nitrogen and oxygen atoms in total. The molecule has 57 heavy (non-hydrogen) atoms. The summed E-state index contributed by atoms with van der Waals surface area (Å²) in [6.45, 7) is 4.36. The topological polar surface area (TPSA) is 56.5 Å². The molecule has 0 aliphatic heterocycles. The van der Waals surface area contributed by atoms with Crippen LogP contribution in [0, 0.1) is 13.8 Å². The van der Waals surface area contributed by atoms with Gasteiger partial charge in [0.2, 0.25) is 0 Å². The van der Waals surface area contributed by atoms with Gasteiger partial charge < -0.3 is 4.57 Å². The Bertz CT molecular complexity index is 2920. The Hall–Kier alpha value is -7.50. The zero-order valence-electron chi connectivity index (χ0n) is 31.6. The highest BCUT2D eigenvalue weighted by molar-refractivity contribution is 6.12. The van der Waals surface area contributed by atoms with Gasteiger partial charge in [-0.3, -0.25) is 4.98 Å².